The van der Waals surface area contributed by atoms with Gasteiger partial charge >= 0.3 is 54.0 Å². The molecule has 45 heteroatoms. The van der Waals surface area contributed by atoms with E-state index in [0.717, 1.165) is 18.3 Å². The monoisotopic (exact) mass is 1330 g/mol. The number of aromatic amines is 4. The predicted octanol–water partition coefficient (Wildman–Crippen LogP) is -5.59. The molecule has 4 aliphatic rings. The number of rotatable bonds is 16. The van der Waals surface area contributed by atoms with Crippen molar-refractivity contribution in [1.29, 1.82) is 0 Å². The van der Waals surface area contributed by atoms with Crippen LogP contribution in [0.25, 0.3) is 0 Å². The van der Waals surface area contributed by atoms with Crippen LogP contribution < -0.4 is 45.0 Å². The molecular weight excluding hydrogens is 1270 g/mol. The van der Waals surface area contributed by atoms with Gasteiger partial charge in [0.1, 0.15) is 49.3 Å². The number of ether oxygens (including phenoxy) is 4. The molecule has 0 radical (unpaired) electrons. The number of aryl methyl sites for hydroxylation is 4. The third-order valence-electron chi connectivity index (χ3n) is 12.3. The Bertz CT molecular complexity index is 3200. The number of nitrogens with zero attached hydrogens (tertiary/aromatic N) is 4. The first-order chi connectivity index (χ1) is 40.1. The Kier molecular flexibility index (Phi) is 26.9. The molecule has 0 aromatic carbocycles. The third-order valence-corrected chi connectivity index (χ3v) is 14.2. The van der Waals surface area contributed by atoms with Crippen molar-refractivity contribution in [1.82, 2.24) is 38.2 Å². The van der Waals surface area contributed by atoms with Gasteiger partial charge in [0.15, 0.2) is 0 Å². The van der Waals surface area contributed by atoms with Gasteiger partial charge in [0.2, 0.25) is 0 Å². The van der Waals surface area contributed by atoms with E-state index in [1.165, 1.54) is 52.5 Å². The van der Waals surface area contributed by atoms with Crippen LogP contribution in [0.15, 0.2) is 63.1 Å². The fourth-order valence-corrected chi connectivity index (χ4v) is 9.39. The average molecular weight is 1330 g/mol. The van der Waals surface area contributed by atoms with Gasteiger partial charge < -0.3 is 83.6 Å². The van der Waals surface area contributed by atoms with Crippen molar-refractivity contribution in [3.05, 3.63) is 130 Å². The topological polar surface area (TPSA) is 625 Å². The Hall–Kier alpha value is -5.20. The van der Waals surface area contributed by atoms with Gasteiger partial charge in [0, 0.05) is 79.3 Å². The molecule has 0 bridgehead atoms. The van der Waals surface area contributed by atoms with Gasteiger partial charge in [-0.1, -0.05) is 0 Å². The molecule has 4 aromatic rings. The lowest BCUT2D eigenvalue weighted by atomic mass is 10.2. The van der Waals surface area contributed by atoms with Gasteiger partial charge in [0.25, 0.3) is 22.2 Å². The van der Waals surface area contributed by atoms with Gasteiger partial charge in [-0.3, -0.25) is 75.5 Å². The van der Waals surface area contributed by atoms with Gasteiger partial charge in [-0.05, 0) is 34.6 Å². The number of hydrogen-bond donors (Lipinski definition) is 17. The lowest BCUT2D eigenvalue weighted by Gasteiger charge is -2.16. The van der Waals surface area contributed by atoms with Crippen molar-refractivity contribution in [2.75, 3.05) is 33.0 Å². The highest BCUT2D eigenvalue weighted by Crippen LogP contribution is 2.41. The van der Waals surface area contributed by atoms with Crippen LogP contribution in [0.4, 0.5) is 0 Å². The highest BCUT2D eigenvalue weighted by atomic mass is 31.2. The number of aliphatic hydroxyl groups excluding tert-OH is 5. The first kappa shape index (κ1) is 74.3. The SMILES string of the molecule is CCO.Cc1cn([C@H]2C[C@H](O)[C@@H](COP(=O)(O)O)O2)c(=O)[nH]c1=O.Cc1cn([C@H]2C[C@H](O)[C@@H](COP(=O)(O)O)O2)c(=O)[nH]c1=O.Cc1cn([C@H]2C[C@H](O)[C@@H](COP(=O)(O)O)O2)c(=O)[nH]c1=O.Cc1cn([C@H]2C[C@H](O)[C@@H](COP(=O)(O)O)O2)c(=O)[nH]c1=O. The van der Waals surface area contributed by atoms with Crippen LogP contribution in [-0.2, 0) is 55.3 Å². The highest BCUT2D eigenvalue weighted by molar-refractivity contribution is 7.47. The predicted molar refractivity (Wildman–Crippen MR) is 287 cm³/mol. The zero-order valence-electron chi connectivity index (χ0n) is 46.2. The Balaban J connectivity index is 0.000000244. The zero-order valence-corrected chi connectivity index (χ0v) is 49.7. The first-order valence-corrected chi connectivity index (χ1v) is 31.3. The minimum atomic E-state index is -4.67. The molecule has 4 saturated heterocycles. The standard InChI is InChI=1S/4C10H15N2O8P.C2H6O/c4*1-5-3-12(10(15)11-9(5)14)8-2-6(13)7(20-8)4-19-21(16,17)18;1-2-3/h4*3,6-8,13H,2,4H2,1H3,(H,11,14,15)(H2,16,17,18);3H,2H2,1H3/t4*6-,7+,8+;/m0000./s1. The molecule has 87 heavy (non-hydrogen) atoms. The summed E-state index contributed by atoms with van der Waals surface area (Å²) in [6.45, 7) is 5.91. The average Bonchev–Trinajstić information content (AvgIpc) is 2.56. The Morgan fingerprint density at radius 3 is 0.713 bits per heavy atom. The van der Waals surface area contributed by atoms with Crippen LogP contribution in [0.2, 0.25) is 0 Å². The van der Waals surface area contributed by atoms with Crippen LogP contribution in [0, 0.1) is 27.7 Å². The lowest BCUT2D eigenvalue weighted by molar-refractivity contribution is -0.0451. The fourth-order valence-electron chi connectivity index (χ4n) is 8.03. The fraction of sp³-hybridized carbons (Fsp3) is 0.619. The number of H-pyrrole nitrogens is 4. The Morgan fingerprint density at radius 2 is 0.563 bits per heavy atom. The number of phosphoric ester groups is 4. The molecule has 4 fully saturated rings. The van der Waals surface area contributed by atoms with Crippen LogP contribution in [0.1, 0.15) is 79.8 Å². The maximum Gasteiger partial charge on any atom is 0.469 e. The van der Waals surface area contributed by atoms with Crippen molar-refractivity contribution >= 4 is 31.3 Å². The minimum Gasteiger partial charge on any atom is -0.397 e. The van der Waals surface area contributed by atoms with Crippen molar-refractivity contribution in [3.63, 3.8) is 0 Å². The molecular formula is C42H66N8O33P4. The summed E-state index contributed by atoms with van der Waals surface area (Å²) in [5, 5.41) is 46.7. The number of phosphoric acid groups is 4. The quantitative estimate of drug-likeness (QED) is 0.0465. The second kappa shape index (κ2) is 31.5. The normalized spacial score (nSPS) is 25.5. The molecule has 0 spiro atoms. The maximum atomic E-state index is 11.7. The maximum absolute atomic E-state index is 11.7. The number of aliphatic hydroxyl groups is 5. The molecule has 492 valence electrons. The summed E-state index contributed by atoms with van der Waals surface area (Å²) >= 11 is 0. The number of hydrogen-bond acceptors (Lipinski definition) is 25. The molecule has 4 aliphatic heterocycles. The number of aromatic nitrogens is 8. The van der Waals surface area contributed by atoms with Crippen molar-refractivity contribution in [2.45, 2.75) is 134 Å². The second-order valence-corrected chi connectivity index (χ2v) is 24.1. The van der Waals surface area contributed by atoms with E-state index in [4.69, 9.17) is 63.2 Å². The molecule has 17 N–H and O–H groups in total. The first-order valence-electron chi connectivity index (χ1n) is 25.1. The van der Waals surface area contributed by atoms with Crippen LogP contribution >= 0.6 is 31.3 Å². The second-order valence-electron chi connectivity index (χ2n) is 19.1. The molecule has 8 heterocycles. The molecule has 4 aromatic heterocycles. The molecule has 0 saturated carbocycles. The van der Waals surface area contributed by atoms with E-state index in [0.29, 0.717) is 22.3 Å². The highest BCUT2D eigenvalue weighted by Gasteiger charge is 2.41. The molecule has 8 rings (SSSR count). The van der Waals surface area contributed by atoms with E-state index in [9.17, 15) is 77.0 Å². The minimum absolute atomic E-state index is 0.0283. The summed E-state index contributed by atoms with van der Waals surface area (Å²) in [5.41, 5.74) is -3.67. The molecule has 0 amide bonds. The number of nitrogens with one attached hydrogen (secondary N) is 4. The summed E-state index contributed by atoms with van der Waals surface area (Å²) in [5.74, 6) is 0. The Morgan fingerprint density at radius 1 is 0.402 bits per heavy atom. The van der Waals surface area contributed by atoms with Gasteiger partial charge in [0.05, 0.1) is 50.8 Å². The van der Waals surface area contributed by atoms with E-state index < -0.39 is 176 Å². The Labute approximate surface area is 485 Å². The summed E-state index contributed by atoms with van der Waals surface area (Å²) < 4.78 is 85.4. The van der Waals surface area contributed by atoms with E-state index in [1.807, 2.05) is 0 Å². The van der Waals surface area contributed by atoms with Gasteiger partial charge in [-0.2, -0.15) is 0 Å². The van der Waals surface area contributed by atoms with E-state index in [2.05, 4.69) is 38.0 Å². The summed E-state index contributed by atoms with van der Waals surface area (Å²) in [6.07, 6.45) is -6.27. The van der Waals surface area contributed by atoms with Gasteiger partial charge in [-0.15, -0.1) is 0 Å². The van der Waals surface area contributed by atoms with Gasteiger partial charge in [-0.25, -0.2) is 37.4 Å². The van der Waals surface area contributed by atoms with E-state index in [-0.39, 0.29) is 32.3 Å². The lowest BCUT2D eigenvalue weighted by Crippen LogP contribution is -2.33. The molecule has 0 unspecified atom stereocenters. The molecule has 0 aliphatic carbocycles. The van der Waals surface area contributed by atoms with E-state index >= 15 is 0 Å². The third kappa shape index (κ3) is 23.3. The van der Waals surface area contributed by atoms with Crippen LogP contribution in [-0.4, -0.2) is 185 Å². The van der Waals surface area contributed by atoms with Crippen LogP contribution in [0.3, 0.4) is 0 Å². The largest absolute Gasteiger partial charge is 0.469 e. The summed E-state index contributed by atoms with van der Waals surface area (Å²) in [6, 6.07) is 0. The van der Waals surface area contributed by atoms with Crippen molar-refractivity contribution in [2.24, 2.45) is 0 Å². The van der Waals surface area contributed by atoms with E-state index in [1.54, 1.807) is 6.92 Å². The zero-order chi connectivity index (χ0) is 65.8. The molecule has 41 nitrogen and oxygen atoms in total. The van der Waals surface area contributed by atoms with Crippen LogP contribution in [0.5, 0.6) is 0 Å². The summed E-state index contributed by atoms with van der Waals surface area (Å²) in [7, 11) is -18.7. The van der Waals surface area contributed by atoms with Crippen molar-refractivity contribution < 1.29 is 120 Å². The smallest absolute Gasteiger partial charge is 0.397 e. The summed E-state index contributed by atoms with van der Waals surface area (Å²) in [4.78, 5) is 169. The van der Waals surface area contributed by atoms with Crippen molar-refractivity contribution in [3.8, 4) is 0 Å². The molecule has 12 atom stereocenters.